The summed E-state index contributed by atoms with van der Waals surface area (Å²) in [6.45, 7) is 0.384. The van der Waals surface area contributed by atoms with E-state index in [4.69, 9.17) is 4.74 Å². The summed E-state index contributed by atoms with van der Waals surface area (Å²) in [7, 11) is 0. The first-order chi connectivity index (χ1) is 16.7. The number of carbonyl (C=O) groups excluding carboxylic acids is 1. The van der Waals surface area contributed by atoms with E-state index < -0.39 is 0 Å². The lowest BCUT2D eigenvalue weighted by atomic mass is 9.83. The van der Waals surface area contributed by atoms with E-state index in [0.717, 1.165) is 25.7 Å². The van der Waals surface area contributed by atoms with Crippen LogP contribution < -0.4 is 0 Å². The smallest absolute Gasteiger partial charge is 0.410 e. The molecule has 6 rings (SSSR count). The largest absolute Gasteiger partial charge is 0.448 e. The third-order valence-electron chi connectivity index (χ3n) is 7.64. The summed E-state index contributed by atoms with van der Waals surface area (Å²) in [5.41, 5.74) is 7.72. The van der Waals surface area contributed by atoms with Crippen LogP contribution in [0.2, 0.25) is 0 Å². The molecule has 2 bridgehead atoms. The van der Waals surface area contributed by atoms with Crippen LogP contribution in [0, 0.1) is 0 Å². The minimum Gasteiger partial charge on any atom is -0.448 e. The van der Waals surface area contributed by atoms with Crippen LogP contribution in [-0.2, 0) is 4.74 Å². The van der Waals surface area contributed by atoms with E-state index in [2.05, 4.69) is 85.1 Å². The monoisotopic (exact) mass is 467 g/mol. The highest BCUT2D eigenvalue weighted by Crippen LogP contribution is 2.45. The minimum atomic E-state index is -0.162. The summed E-state index contributed by atoms with van der Waals surface area (Å²) < 4.78 is 6.06. The number of hydrogen-bond donors (Lipinski definition) is 0. The second kappa shape index (κ2) is 8.99. The number of thioether (sulfide) groups is 1. The van der Waals surface area contributed by atoms with Crippen molar-refractivity contribution < 1.29 is 9.53 Å². The zero-order valence-electron chi connectivity index (χ0n) is 19.4. The van der Waals surface area contributed by atoms with Crippen LogP contribution in [0.25, 0.3) is 16.7 Å². The van der Waals surface area contributed by atoms with E-state index in [9.17, 15) is 4.79 Å². The van der Waals surface area contributed by atoms with Crippen molar-refractivity contribution in [1.29, 1.82) is 0 Å². The Morgan fingerprint density at radius 1 is 0.912 bits per heavy atom. The number of piperidine rings is 1. The molecular formula is C30H29NO2S. The van der Waals surface area contributed by atoms with Gasteiger partial charge in [0, 0.05) is 16.9 Å². The Morgan fingerprint density at radius 3 is 2.24 bits per heavy atom. The fourth-order valence-electron chi connectivity index (χ4n) is 6.09. The predicted molar refractivity (Wildman–Crippen MR) is 139 cm³/mol. The molecule has 0 N–H and O–H groups in total. The van der Waals surface area contributed by atoms with Gasteiger partial charge >= 0.3 is 6.09 Å². The maximum atomic E-state index is 13.4. The van der Waals surface area contributed by atoms with Crippen LogP contribution in [0.15, 0.2) is 83.8 Å². The molecule has 3 aliphatic rings. The van der Waals surface area contributed by atoms with Crippen molar-refractivity contribution in [2.24, 2.45) is 0 Å². The van der Waals surface area contributed by atoms with Gasteiger partial charge in [-0.25, -0.2) is 4.79 Å². The Balaban J connectivity index is 1.23. The fraction of sp³-hybridized carbons (Fsp3) is 0.300. The lowest BCUT2D eigenvalue weighted by Crippen LogP contribution is -2.51. The molecule has 0 saturated carbocycles. The molecule has 3 aromatic rings. The second-order valence-corrected chi connectivity index (χ2v) is 10.3. The molecule has 3 nitrogen and oxygen atoms in total. The molecule has 2 aliphatic heterocycles. The highest BCUT2D eigenvalue weighted by molar-refractivity contribution is 7.98. The van der Waals surface area contributed by atoms with Gasteiger partial charge in [-0.15, -0.1) is 11.8 Å². The zero-order chi connectivity index (χ0) is 23.1. The summed E-state index contributed by atoms with van der Waals surface area (Å²) >= 11 is 1.79. The van der Waals surface area contributed by atoms with E-state index in [1.807, 2.05) is 4.90 Å². The van der Waals surface area contributed by atoms with Crippen molar-refractivity contribution >= 4 is 23.4 Å². The van der Waals surface area contributed by atoms with Crippen molar-refractivity contribution in [3.63, 3.8) is 0 Å². The van der Waals surface area contributed by atoms with E-state index in [0.29, 0.717) is 6.61 Å². The quantitative estimate of drug-likeness (QED) is 0.375. The van der Waals surface area contributed by atoms with Gasteiger partial charge in [0.15, 0.2) is 0 Å². The zero-order valence-corrected chi connectivity index (χ0v) is 20.3. The van der Waals surface area contributed by atoms with Crippen LogP contribution in [0.5, 0.6) is 0 Å². The first kappa shape index (κ1) is 21.5. The van der Waals surface area contributed by atoms with Crippen molar-refractivity contribution in [3.05, 3.63) is 95.6 Å². The number of rotatable bonds is 4. The predicted octanol–water partition coefficient (Wildman–Crippen LogP) is 7.37. The van der Waals surface area contributed by atoms with Crippen LogP contribution in [0.3, 0.4) is 0 Å². The number of amides is 1. The topological polar surface area (TPSA) is 29.5 Å². The third-order valence-corrected chi connectivity index (χ3v) is 8.43. The van der Waals surface area contributed by atoms with Crippen LogP contribution in [0.1, 0.15) is 48.3 Å². The number of nitrogens with zero attached hydrogens (tertiary/aromatic N) is 1. The Hall–Kier alpha value is -2.98. The average Bonchev–Trinajstić information content (AvgIpc) is 3.20. The summed E-state index contributed by atoms with van der Waals surface area (Å²) in [4.78, 5) is 16.8. The van der Waals surface area contributed by atoms with E-state index in [-0.39, 0.29) is 24.1 Å². The van der Waals surface area contributed by atoms with Crippen LogP contribution in [0.4, 0.5) is 4.79 Å². The summed E-state index contributed by atoms with van der Waals surface area (Å²) in [6.07, 6.45) is 8.41. The highest BCUT2D eigenvalue weighted by atomic mass is 32.2. The summed E-state index contributed by atoms with van der Waals surface area (Å²) in [5, 5.41) is 0. The van der Waals surface area contributed by atoms with Crippen molar-refractivity contribution in [1.82, 2.24) is 4.90 Å². The summed E-state index contributed by atoms with van der Waals surface area (Å²) in [6, 6.07) is 25.9. The van der Waals surface area contributed by atoms with Crippen molar-refractivity contribution in [2.45, 2.75) is 48.6 Å². The summed E-state index contributed by atoms with van der Waals surface area (Å²) in [5.74, 6) is 0.0977. The van der Waals surface area contributed by atoms with E-state index >= 15 is 0 Å². The first-order valence-corrected chi connectivity index (χ1v) is 13.4. The molecular weight excluding hydrogens is 438 g/mol. The molecule has 1 saturated heterocycles. The molecule has 172 valence electrons. The molecule has 1 aliphatic carbocycles. The molecule has 4 heteroatoms. The van der Waals surface area contributed by atoms with Gasteiger partial charge in [0.1, 0.15) is 6.61 Å². The maximum absolute atomic E-state index is 13.4. The lowest BCUT2D eigenvalue weighted by molar-refractivity contribution is 0.0538. The maximum Gasteiger partial charge on any atom is 0.410 e. The van der Waals surface area contributed by atoms with Gasteiger partial charge in [-0.1, -0.05) is 72.8 Å². The molecule has 0 aromatic heterocycles. The SMILES string of the molecule is CSc1ccccc1C1=CC2CCCC(C1)N2C(=O)OCC1c2ccccc2-c2ccccc21. The van der Waals surface area contributed by atoms with Gasteiger partial charge in [0.2, 0.25) is 0 Å². The fourth-order valence-corrected chi connectivity index (χ4v) is 6.73. The Morgan fingerprint density at radius 2 is 1.56 bits per heavy atom. The molecule has 1 amide bonds. The Kier molecular flexibility index (Phi) is 5.70. The third kappa shape index (κ3) is 3.65. The molecule has 0 spiro atoms. The second-order valence-electron chi connectivity index (χ2n) is 9.46. The number of fused-ring (bicyclic) bond motifs is 5. The van der Waals surface area contributed by atoms with Gasteiger partial charge in [-0.2, -0.15) is 0 Å². The van der Waals surface area contributed by atoms with Gasteiger partial charge in [0.25, 0.3) is 0 Å². The van der Waals surface area contributed by atoms with Crippen LogP contribution in [-0.4, -0.2) is 35.9 Å². The minimum absolute atomic E-state index is 0.0977. The normalized spacial score (nSPS) is 21.0. The number of carbonyl (C=O) groups is 1. The Bertz CT molecular complexity index is 1220. The molecule has 2 unspecified atom stereocenters. The average molecular weight is 468 g/mol. The van der Waals surface area contributed by atoms with Gasteiger partial charge in [-0.3, -0.25) is 4.90 Å². The Labute approximate surface area is 205 Å². The molecule has 0 radical (unpaired) electrons. The van der Waals surface area contributed by atoms with Gasteiger partial charge in [0.05, 0.1) is 6.04 Å². The number of hydrogen-bond acceptors (Lipinski definition) is 3. The van der Waals surface area contributed by atoms with E-state index in [1.54, 1.807) is 11.8 Å². The molecule has 2 heterocycles. The van der Waals surface area contributed by atoms with Crippen molar-refractivity contribution in [2.75, 3.05) is 12.9 Å². The standard InChI is InChI=1S/C30H29NO2S/c1-34-29-16-7-6-11-23(29)20-17-21-9-8-10-22(18-20)31(21)30(32)33-19-28-26-14-4-2-12-24(26)25-13-3-5-15-27(25)28/h2-7,11-17,21-22,28H,8-10,18-19H2,1H3. The molecule has 34 heavy (non-hydrogen) atoms. The first-order valence-electron chi connectivity index (χ1n) is 12.2. The number of ether oxygens (including phenoxy) is 1. The van der Waals surface area contributed by atoms with Crippen molar-refractivity contribution in [3.8, 4) is 11.1 Å². The molecule has 2 atom stereocenters. The molecule has 1 fully saturated rings. The number of benzene rings is 3. The highest BCUT2D eigenvalue weighted by Gasteiger charge is 2.39. The van der Waals surface area contributed by atoms with E-state index in [1.165, 1.54) is 38.3 Å². The van der Waals surface area contributed by atoms with Gasteiger partial charge in [-0.05, 0) is 71.4 Å². The van der Waals surface area contributed by atoms with Gasteiger partial charge < -0.3 is 4.74 Å². The lowest BCUT2D eigenvalue weighted by Gasteiger charge is -2.44. The van der Waals surface area contributed by atoms with Crippen LogP contribution >= 0.6 is 11.8 Å². The molecule has 3 aromatic carbocycles.